The lowest BCUT2D eigenvalue weighted by molar-refractivity contribution is -0.148. The van der Waals surface area contributed by atoms with Crippen molar-refractivity contribution < 1.29 is 18.4 Å². The van der Waals surface area contributed by atoms with Gasteiger partial charge in [-0.25, -0.2) is 13.3 Å². The summed E-state index contributed by atoms with van der Waals surface area (Å²) >= 11 is 0. The third-order valence-electron chi connectivity index (χ3n) is 7.21. The van der Waals surface area contributed by atoms with E-state index in [0.29, 0.717) is 11.3 Å². The van der Waals surface area contributed by atoms with Gasteiger partial charge in [0.1, 0.15) is 0 Å². The normalized spacial score (nSPS) is 19.7. The Morgan fingerprint density at radius 2 is 1.84 bits per heavy atom. The first-order valence-electron chi connectivity index (χ1n) is 12.7. The number of aromatic nitrogens is 5. The van der Waals surface area contributed by atoms with Gasteiger partial charge in [0.05, 0.1) is 30.7 Å². The van der Waals surface area contributed by atoms with Crippen LogP contribution in [-0.2, 0) is 4.79 Å². The number of pyridine rings is 1. The summed E-state index contributed by atoms with van der Waals surface area (Å²) in [5.41, 5.74) is 1.90. The van der Waals surface area contributed by atoms with Crippen LogP contribution in [-0.4, -0.2) is 86.7 Å². The molecule has 6 rings (SSSR count). The Balaban J connectivity index is 1.17. The molecule has 0 radical (unpaired) electrons. The van der Waals surface area contributed by atoms with Crippen LogP contribution in [0.1, 0.15) is 36.2 Å². The highest BCUT2D eigenvalue weighted by atomic mass is 19.3. The van der Waals surface area contributed by atoms with Crippen molar-refractivity contribution in [3.05, 3.63) is 30.1 Å². The first-order valence-corrected chi connectivity index (χ1v) is 12.7. The lowest BCUT2D eigenvalue weighted by Gasteiger charge is -2.47. The molecule has 5 heterocycles. The molecule has 0 spiro atoms. The molecule has 14 heteroatoms. The molecule has 3 fully saturated rings. The summed E-state index contributed by atoms with van der Waals surface area (Å²) < 4.78 is 28.1. The lowest BCUT2D eigenvalue weighted by Crippen LogP contribution is -2.61. The molecular formula is C24H28F2N10O2. The predicted molar refractivity (Wildman–Crippen MR) is 135 cm³/mol. The molecule has 1 aliphatic carbocycles. The van der Waals surface area contributed by atoms with Gasteiger partial charge < -0.3 is 20.9 Å². The minimum absolute atomic E-state index is 0.00705. The molecule has 0 atom stereocenters. The van der Waals surface area contributed by atoms with Gasteiger partial charge in [-0.15, -0.1) is 15.3 Å². The molecule has 1 saturated carbocycles. The number of alkyl halides is 2. The van der Waals surface area contributed by atoms with E-state index in [4.69, 9.17) is 0 Å². The van der Waals surface area contributed by atoms with Gasteiger partial charge in [-0.05, 0) is 37.8 Å². The Kier molecular flexibility index (Phi) is 6.05. The molecule has 0 unspecified atom stereocenters. The topological polar surface area (TPSA) is 133 Å². The molecule has 0 bridgehead atoms. The third-order valence-corrected chi connectivity index (χ3v) is 7.21. The van der Waals surface area contributed by atoms with Gasteiger partial charge in [0.2, 0.25) is 11.9 Å². The highest BCUT2D eigenvalue weighted by Gasteiger charge is 2.46. The highest BCUT2D eigenvalue weighted by molar-refractivity contribution is 5.99. The SMILES string of the molecule is CNC(=O)c1nnc(NC(=O)C2CC2)cc1Nc1nc2ccc(N3CCC(N4CC(F)(F)C4)CC3)cn2n1. The molecule has 3 aliphatic rings. The number of carbonyl (C=O) groups is 2. The van der Waals surface area contributed by atoms with Gasteiger partial charge in [0.25, 0.3) is 11.8 Å². The van der Waals surface area contributed by atoms with Gasteiger partial charge in [0, 0.05) is 38.2 Å². The second-order valence-electron chi connectivity index (χ2n) is 10.1. The summed E-state index contributed by atoms with van der Waals surface area (Å²) in [4.78, 5) is 33.1. The molecule has 200 valence electrons. The van der Waals surface area contributed by atoms with E-state index in [1.54, 1.807) is 4.52 Å². The van der Waals surface area contributed by atoms with Gasteiger partial charge in [-0.3, -0.25) is 14.5 Å². The van der Waals surface area contributed by atoms with Gasteiger partial charge in [0.15, 0.2) is 17.2 Å². The smallest absolute Gasteiger partial charge is 0.273 e. The maximum atomic E-state index is 13.2. The predicted octanol–water partition coefficient (Wildman–Crippen LogP) is 1.89. The van der Waals surface area contributed by atoms with Gasteiger partial charge in [-0.2, -0.15) is 4.98 Å². The second-order valence-corrected chi connectivity index (χ2v) is 10.1. The second kappa shape index (κ2) is 9.42. The zero-order valence-corrected chi connectivity index (χ0v) is 20.8. The fourth-order valence-electron chi connectivity index (χ4n) is 4.94. The highest BCUT2D eigenvalue weighted by Crippen LogP contribution is 2.33. The Morgan fingerprint density at radius 3 is 2.53 bits per heavy atom. The fraction of sp³-hybridized carbons (Fsp3) is 0.500. The van der Waals surface area contributed by atoms with Crippen molar-refractivity contribution in [1.29, 1.82) is 0 Å². The van der Waals surface area contributed by atoms with Crippen LogP contribution in [0.15, 0.2) is 24.4 Å². The Labute approximate surface area is 216 Å². The van der Waals surface area contributed by atoms with Gasteiger partial charge >= 0.3 is 0 Å². The standard InChI is InChI=1S/C24H28F2N10O2/c1-27-22(38)20-17(10-18(31-32-20)29-21(37)14-2-3-14)28-23-30-19-5-4-16(11-36(19)33-23)34-8-6-15(7-9-34)35-12-24(25,26)13-35/h4-5,10-11,14-15H,2-3,6-9,12-13H2,1H3,(H,27,38)(H2,28,29,31,33,37). The quantitative estimate of drug-likeness (QED) is 0.422. The van der Waals surface area contributed by atoms with Crippen LogP contribution in [0.2, 0.25) is 0 Å². The number of nitrogens with one attached hydrogen (secondary N) is 3. The van der Waals surface area contributed by atoms with Crippen molar-refractivity contribution in [3.8, 4) is 0 Å². The zero-order chi connectivity index (χ0) is 26.4. The zero-order valence-electron chi connectivity index (χ0n) is 20.8. The van der Waals surface area contributed by atoms with E-state index < -0.39 is 11.8 Å². The van der Waals surface area contributed by atoms with E-state index in [0.717, 1.165) is 44.5 Å². The van der Waals surface area contributed by atoms with E-state index in [2.05, 4.69) is 41.1 Å². The van der Waals surface area contributed by atoms with E-state index in [1.165, 1.54) is 13.1 Å². The van der Waals surface area contributed by atoms with Gasteiger partial charge in [-0.1, -0.05) is 0 Å². The van der Waals surface area contributed by atoms with Crippen LogP contribution in [0.5, 0.6) is 0 Å². The molecule has 2 aliphatic heterocycles. The first-order chi connectivity index (χ1) is 18.3. The number of hydrogen-bond donors (Lipinski definition) is 3. The average molecular weight is 527 g/mol. The molecule has 2 amide bonds. The van der Waals surface area contributed by atoms with Crippen LogP contribution in [0.25, 0.3) is 5.65 Å². The maximum absolute atomic E-state index is 13.2. The number of anilines is 4. The number of nitrogens with zero attached hydrogens (tertiary/aromatic N) is 7. The van der Waals surface area contributed by atoms with Crippen LogP contribution < -0.4 is 20.9 Å². The first kappa shape index (κ1) is 24.4. The largest absolute Gasteiger partial charge is 0.370 e. The number of fused-ring (bicyclic) bond motifs is 1. The molecule has 3 N–H and O–H groups in total. The molecule has 3 aromatic rings. The van der Waals surface area contributed by atoms with Crippen LogP contribution in [0.4, 0.5) is 31.9 Å². The molecule has 3 aromatic heterocycles. The summed E-state index contributed by atoms with van der Waals surface area (Å²) in [5, 5.41) is 20.8. The lowest BCUT2D eigenvalue weighted by atomic mass is 9.98. The average Bonchev–Trinajstić information content (AvgIpc) is 3.67. The van der Waals surface area contributed by atoms with E-state index in [-0.39, 0.29) is 48.4 Å². The Hall–Kier alpha value is -3.94. The number of piperidine rings is 1. The summed E-state index contributed by atoms with van der Waals surface area (Å²) in [6.07, 6.45) is 5.23. The monoisotopic (exact) mass is 526 g/mol. The maximum Gasteiger partial charge on any atom is 0.273 e. The number of likely N-dealkylation sites (tertiary alicyclic amines) is 1. The summed E-state index contributed by atoms with van der Waals surface area (Å²) in [6.45, 7) is 1.26. The number of amides is 2. The van der Waals surface area contributed by atoms with E-state index in [9.17, 15) is 18.4 Å². The van der Waals surface area contributed by atoms with E-state index in [1.807, 2.05) is 23.2 Å². The Morgan fingerprint density at radius 1 is 1.08 bits per heavy atom. The number of hydrogen-bond acceptors (Lipinski definition) is 9. The number of halogens is 2. The Bertz CT molecular complexity index is 1380. The van der Waals surface area contributed by atoms with Crippen LogP contribution in [0.3, 0.4) is 0 Å². The van der Waals surface area contributed by atoms with Crippen molar-refractivity contribution in [2.24, 2.45) is 5.92 Å². The molecule has 12 nitrogen and oxygen atoms in total. The summed E-state index contributed by atoms with van der Waals surface area (Å²) in [7, 11) is 1.49. The summed E-state index contributed by atoms with van der Waals surface area (Å²) in [5.74, 6) is -2.64. The minimum Gasteiger partial charge on any atom is -0.370 e. The van der Waals surface area contributed by atoms with Crippen molar-refractivity contribution in [2.75, 3.05) is 48.8 Å². The van der Waals surface area contributed by atoms with Crippen LogP contribution in [0, 0.1) is 5.92 Å². The van der Waals surface area contributed by atoms with Crippen molar-refractivity contribution in [1.82, 2.24) is 35.0 Å². The van der Waals surface area contributed by atoms with Crippen LogP contribution >= 0.6 is 0 Å². The number of rotatable bonds is 7. The van der Waals surface area contributed by atoms with E-state index >= 15 is 0 Å². The number of carbonyl (C=O) groups excluding carboxylic acids is 2. The van der Waals surface area contributed by atoms with Crippen molar-refractivity contribution in [2.45, 2.75) is 37.6 Å². The third kappa shape index (κ3) is 4.95. The fourth-order valence-corrected chi connectivity index (χ4v) is 4.94. The molecule has 0 aromatic carbocycles. The molecule has 38 heavy (non-hydrogen) atoms. The molecule has 2 saturated heterocycles. The van der Waals surface area contributed by atoms with Crippen molar-refractivity contribution in [3.63, 3.8) is 0 Å². The molecular weight excluding hydrogens is 498 g/mol. The summed E-state index contributed by atoms with van der Waals surface area (Å²) in [6, 6.07) is 5.54. The van der Waals surface area contributed by atoms with Crippen molar-refractivity contribution >= 4 is 40.6 Å². The minimum atomic E-state index is -2.54.